The third-order valence-corrected chi connectivity index (χ3v) is 3.41. The van der Waals surface area contributed by atoms with E-state index in [0.29, 0.717) is 5.56 Å². The predicted octanol–water partition coefficient (Wildman–Crippen LogP) is 6.06. The molecule has 0 atom stereocenters. The van der Waals surface area contributed by atoms with Gasteiger partial charge in [0.2, 0.25) is 0 Å². The molecule has 2 nitrogen and oxygen atoms in total. The summed E-state index contributed by atoms with van der Waals surface area (Å²) >= 11 is 0. The van der Waals surface area contributed by atoms with Gasteiger partial charge >= 0.3 is 6.36 Å². The van der Waals surface area contributed by atoms with Crippen molar-refractivity contribution in [1.82, 2.24) is 0 Å². The average Bonchev–Trinajstić information content (AvgIpc) is 2.62. The fraction of sp³-hybridized carbons (Fsp3) is 0.0952. The number of aldehydes is 1. The highest BCUT2D eigenvalue weighted by Crippen LogP contribution is 2.26. The molecule has 0 fully saturated rings. The van der Waals surface area contributed by atoms with Crippen LogP contribution in [0.15, 0.2) is 78.9 Å². The second-order valence-corrected chi connectivity index (χ2v) is 5.47. The largest absolute Gasteiger partial charge is 0.573 e. The summed E-state index contributed by atoms with van der Waals surface area (Å²) in [6, 6.07) is 22.5. The normalized spacial score (nSPS) is 10.5. The maximum atomic E-state index is 12.0. The number of aryl methyl sites for hydroxylation is 1. The molecule has 5 heteroatoms. The number of hydrogen-bond donors (Lipinski definition) is 0. The fourth-order valence-electron chi connectivity index (χ4n) is 2.14. The average molecular weight is 358 g/mol. The first-order valence-electron chi connectivity index (χ1n) is 7.80. The zero-order valence-electron chi connectivity index (χ0n) is 14.0. The molecular formula is C21H17F3O2. The maximum absolute atomic E-state index is 12.0. The lowest BCUT2D eigenvalue weighted by atomic mass is 10.0. The Morgan fingerprint density at radius 2 is 1.27 bits per heavy atom. The van der Waals surface area contributed by atoms with Crippen molar-refractivity contribution in [3.8, 4) is 16.9 Å². The molecule has 0 radical (unpaired) electrons. The van der Waals surface area contributed by atoms with Gasteiger partial charge in [-0.25, -0.2) is 0 Å². The van der Waals surface area contributed by atoms with Crippen LogP contribution < -0.4 is 4.74 Å². The van der Waals surface area contributed by atoms with E-state index in [1.165, 1.54) is 29.8 Å². The summed E-state index contributed by atoms with van der Waals surface area (Å²) in [7, 11) is 0. The number of ether oxygens (including phenoxy) is 1. The first-order chi connectivity index (χ1) is 12.4. The van der Waals surface area contributed by atoms with Crippen LogP contribution in [0, 0.1) is 6.92 Å². The molecular weight excluding hydrogens is 341 g/mol. The summed E-state index contributed by atoms with van der Waals surface area (Å²) in [5, 5.41) is 0. The minimum absolute atomic E-state index is 0.263. The minimum atomic E-state index is -4.69. The molecule has 0 N–H and O–H groups in total. The highest BCUT2D eigenvalue weighted by molar-refractivity contribution is 5.77. The van der Waals surface area contributed by atoms with Gasteiger partial charge in [0.1, 0.15) is 12.0 Å². The van der Waals surface area contributed by atoms with Crippen molar-refractivity contribution in [2.24, 2.45) is 0 Å². The van der Waals surface area contributed by atoms with Gasteiger partial charge in [0.05, 0.1) is 0 Å². The molecule has 3 rings (SSSR count). The van der Waals surface area contributed by atoms with E-state index in [1.54, 1.807) is 24.3 Å². The van der Waals surface area contributed by atoms with Crippen LogP contribution in [-0.2, 0) is 0 Å². The Morgan fingerprint density at radius 1 is 0.769 bits per heavy atom. The minimum Gasteiger partial charge on any atom is -0.406 e. The molecule has 0 heterocycles. The van der Waals surface area contributed by atoms with Gasteiger partial charge < -0.3 is 4.74 Å². The Labute approximate surface area is 149 Å². The Bertz CT molecular complexity index is 809. The van der Waals surface area contributed by atoms with Crippen LogP contribution >= 0.6 is 0 Å². The van der Waals surface area contributed by atoms with Crippen molar-refractivity contribution < 1.29 is 22.7 Å². The zero-order chi connectivity index (χ0) is 19.0. The molecule has 0 aliphatic carbocycles. The van der Waals surface area contributed by atoms with Crippen molar-refractivity contribution in [2.75, 3.05) is 0 Å². The van der Waals surface area contributed by atoms with E-state index in [0.717, 1.165) is 17.4 Å². The van der Waals surface area contributed by atoms with Crippen molar-refractivity contribution in [2.45, 2.75) is 13.3 Å². The summed E-state index contributed by atoms with van der Waals surface area (Å²) < 4.78 is 39.8. The first kappa shape index (κ1) is 19.2. The van der Waals surface area contributed by atoms with Gasteiger partial charge in [0.15, 0.2) is 0 Å². The molecule has 0 saturated heterocycles. The molecule has 0 aliphatic heterocycles. The van der Waals surface area contributed by atoms with Crippen LogP contribution in [0.4, 0.5) is 13.2 Å². The highest BCUT2D eigenvalue weighted by atomic mass is 19.4. The molecule has 0 bridgehead atoms. The zero-order valence-corrected chi connectivity index (χ0v) is 14.0. The van der Waals surface area contributed by atoms with E-state index in [4.69, 9.17) is 0 Å². The van der Waals surface area contributed by atoms with E-state index in [2.05, 4.69) is 23.8 Å². The van der Waals surface area contributed by atoms with E-state index < -0.39 is 6.36 Å². The third-order valence-electron chi connectivity index (χ3n) is 3.41. The third kappa shape index (κ3) is 6.43. The van der Waals surface area contributed by atoms with Crippen LogP contribution in [0.25, 0.3) is 11.1 Å². The van der Waals surface area contributed by atoms with Gasteiger partial charge in [-0.15, -0.1) is 13.2 Å². The SMILES string of the molecule is Cc1ccccc1.O=Cc1ccc(-c2ccc(OC(F)(F)F)cc2)cc1. The Hall–Kier alpha value is -3.08. The second-order valence-electron chi connectivity index (χ2n) is 5.47. The summed E-state index contributed by atoms with van der Waals surface area (Å²) in [6.45, 7) is 2.08. The Kier molecular flexibility index (Phi) is 6.55. The molecule has 0 saturated carbocycles. The number of hydrogen-bond acceptors (Lipinski definition) is 2. The monoisotopic (exact) mass is 358 g/mol. The molecule has 3 aromatic rings. The number of alkyl halides is 3. The lowest BCUT2D eigenvalue weighted by Gasteiger charge is -2.09. The second kappa shape index (κ2) is 8.85. The molecule has 26 heavy (non-hydrogen) atoms. The van der Waals surface area contributed by atoms with Crippen LogP contribution in [0.5, 0.6) is 5.75 Å². The summed E-state index contributed by atoms with van der Waals surface area (Å²) in [6.07, 6.45) is -3.96. The molecule has 0 amide bonds. The van der Waals surface area contributed by atoms with Gasteiger partial charge in [0.25, 0.3) is 0 Å². The van der Waals surface area contributed by atoms with Crippen molar-refractivity contribution in [1.29, 1.82) is 0 Å². The maximum Gasteiger partial charge on any atom is 0.573 e. The number of halogens is 3. The molecule has 0 spiro atoms. The van der Waals surface area contributed by atoms with Crippen LogP contribution in [0.2, 0.25) is 0 Å². The van der Waals surface area contributed by atoms with Crippen molar-refractivity contribution >= 4 is 6.29 Å². The van der Waals surface area contributed by atoms with Gasteiger partial charge in [-0.2, -0.15) is 0 Å². The number of benzene rings is 3. The van der Waals surface area contributed by atoms with E-state index in [1.807, 2.05) is 18.2 Å². The van der Waals surface area contributed by atoms with Gasteiger partial charge in [-0.1, -0.05) is 72.3 Å². The number of rotatable bonds is 3. The van der Waals surface area contributed by atoms with Gasteiger partial charge in [0, 0.05) is 5.56 Å². The quantitative estimate of drug-likeness (QED) is 0.532. The van der Waals surface area contributed by atoms with Crippen molar-refractivity contribution in [3.63, 3.8) is 0 Å². The number of carbonyl (C=O) groups excluding carboxylic acids is 1. The van der Waals surface area contributed by atoms with E-state index in [9.17, 15) is 18.0 Å². The standard InChI is InChI=1S/C14H9F3O2.C7H8/c15-14(16,17)19-13-7-5-12(6-8-13)11-3-1-10(9-18)2-4-11;1-7-5-3-2-4-6-7/h1-9H;2-6H,1H3. The molecule has 0 unspecified atom stereocenters. The van der Waals surface area contributed by atoms with Gasteiger partial charge in [-0.05, 0) is 30.2 Å². The summed E-state index contributed by atoms with van der Waals surface area (Å²) in [5.74, 6) is -0.263. The van der Waals surface area contributed by atoms with E-state index >= 15 is 0 Å². The van der Waals surface area contributed by atoms with Gasteiger partial charge in [-0.3, -0.25) is 4.79 Å². The van der Waals surface area contributed by atoms with Crippen LogP contribution in [0.1, 0.15) is 15.9 Å². The summed E-state index contributed by atoms with van der Waals surface area (Å²) in [4.78, 5) is 10.5. The Balaban J connectivity index is 0.000000290. The highest BCUT2D eigenvalue weighted by Gasteiger charge is 2.30. The smallest absolute Gasteiger partial charge is 0.406 e. The van der Waals surface area contributed by atoms with Crippen molar-refractivity contribution in [3.05, 3.63) is 90.0 Å². The topological polar surface area (TPSA) is 26.3 Å². The lowest BCUT2D eigenvalue weighted by molar-refractivity contribution is -0.274. The van der Waals surface area contributed by atoms with Crippen LogP contribution in [0.3, 0.4) is 0 Å². The molecule has 0 aromatic heterocycles. The molecule has 0 aliphatic rings. The van der Waals surface area contributed by atoms with E-state index in [-0.39, 0.29) is 5.75 Å². The molecule has 3 aromatic carbocycles. The Morgan fingerprint density at radius 3 is 1.65 bits per heavy atom. The molecule has 134 valence electrons. The lowest BCUT2D eigenvalue weighted by Crippen LogP contribution is -2.16. The summed E-state index contributed by atoms with van der Waals surface area (Å²) in [5.41, 5.74) is 3.42. The first-order valence-corrected chi connectivity index (χ1v) is 7.80. The predicted molar refractivity (Wildman–Crippen MR) is 95.1 cm³/mol. The number of carbonyl (C=O) groups is 1. The van der Waals surface area contributed by atoms with Crippen LogP contribution in [-0.4, -0.2) is 12.6 Å². The fourth-order valence-corrected chi connectivity index (χ4v) is 2.14.